The molecule has 0 saturated carbocycles. The summed E-state index contributed by atoms with van der Waals surface area (Å²) in [6, 6.07) is 9.70. The summed E-state index contributed by atoms with van der Waals surface area (Å²) in [5.41, 5.74) is 1.49. The quantitative estimate of drug-likeness (QED) is 0.522. The third kappa shape index (κ3) is 6.16. The predicted octanol–water partition coefficient (Wildman–Crippen LogP) is 3.54. The Labute approximate surface area is 173 Å². The maximum absolute atomic E-state index is 11.4. The largest absolute Gasteiger partial charge is 0.423 e. The molecule has 0 heterocycles. The standard InChI is InChI=1S/C22H22O8/c1-12(17-6-8-19(27-13(2)23)21(10-17)29-15(4)25)18-7-9-20(28-14(3)24)22(11-18)30-16(5)26/h6-12H,1-5H3. The molecule has 0 aromatic heterocycles. The summed E-state index contributed by atoms with van der Waals surface area (Å²) in [6.45, 7) is 6.86. The second-order valence-corrected chi connectivity index (χ2v) is 6.51. The SMILES string of the molecule is CC(=O)Oc1ccc(C(C)c2ccc(OC(C)=O)c(OC(C)=O)c2)cc1OC(C)=O. The van der Waals surface area contributed by atoms with Gasteiger partial charge in [-0.05, 0) is 35.4 Å². The molecule has 0 N–H and O–H groups in total. The van der Waals surface area contributed by atoms with Gasteiger partial charge >= 0.3 is 23.9 Å². The van der Waals surface area contributed by atoms with Crippen LogP contribution in [-0.4, -0.2) is 23.9 Å². The Morgan fingerprint density at radius 3 is 1.17 bits per heavy atom. The number of hydrogen-bond donors (Lipinski definition) is 0. The summed E-state index contributed by atoms with van der Waals surface area (Å²) in [4.78, 5) is 45.4. The lowest BCUT2D eigenvalue weighted by Crippen LogP contribution is -2.09. The summed E-state index contributed by atoms with van der Waals surface area (Å²) in [6.07, 6.45) is 0. The van der Waals surface area contributed by atoms with Crippen LogP contribution < -0.4 is 18.9 Å². The van der Waals surface area contributed by atoms with Gasteiger partial charge in [0.25, 0.3) is 0 Å². The van der Waals surface area contributed by atoms with Crippen molar-refractivity contribution in [2.45, 2.75) is 40.5 Å². The normalized spacial score (nSPS) is 10.3. The van der Waals surface area contributed by atoms with E-state index in [1.54, 1.807) is 24.3 Å². The lowest BCUT2D eigenvalue weighted by Gasteiger charge is -2.17. The van der Waals surface area contributed by atoms with E-state index in [9.17, 15) is 19.2 Å². The summed E-state index contributed by atoms with van der Waals surface area (Å²) >= 11 is 0. The van der Waals surface area contributed by atoms with Crippen LogP contribution in [0.4, 0.5) is 0 Å². The highest BCUT2D eigenvalue weighted by Gasteiger charge is 2.18. The van der Waals surface area contributed by atoms with Gasteiger partial charge < -0.3 is 18.9 Å². The minimum Gasteiger partial charge on any atom is -0.423 e. The van der Waals surface area contributed by atoms with Crippen LogP contribution in [0.3, 0.4) is 0 Å². The fourth-order valence-corrected chi connectivity index (χ4v) is 2.73. The van der Waals surface area contributed by atoms with Crippen LogP contribution >= 0.6 is 0 Å². The van der Waals surface area contributed by atoms with Crippen molar-refractivity contribution in [2.75, 3.05) is 0 Å². The molecule has 0 unspecified atom stereocenters. The molecule has 0 aliphatic heterocycles. The van der Waals surface area contributed by atoms with Crippen LogP contribution in [0.1, 0.15) is 51.7 Å². The number of rotatable bonds is 6. The van der Waals surface area contributed by atoms with Gasteiger partial charge in [-0.3, -0.25) is 19.2 Å². The van der Waals surface area contributed by atoms with E-state index >= 15 is 0 Å². The van der Waals surface area contributed by atoms with E-state index in [-0.39, 0.29) is 28.9 Å². The first-order valence-electron chi connectivity index (χ1n) is 9.08. The Balaban J connectivity index is 2.44. The van der Waals surface area contributed by atoms with Gasteiger partial charge in [0.15, 0.2) is 23.0 Å². The maximum atomic E-state index is 11.4. The molecule has 8 heteroatoms. The molecule has 8 nitrogen and oxygen atoms in total. The Morgan fingerprint density at radius 1 is 0.567 bits per heavy atom. The molecular formula is C22H22O8. The van der Waals surface area contributed by atoms with Crippen molar-refractivity contribution < 1.29 is 38.1 Å². The molecule has 0 bridgehead atoms. The Bertz CT molecular complexity index is 913. The third-order valence-electron chi connectivity index (χ3n) is 3.95. The van der Waals surface area contributed by atoms with Crippen molar-refractivity contribution in [3.8, 4) is 23.0 Å². The van der Waals surface area contributed by atoms with Crippen molar-refractivity contribution in [3.63, 3.8) is 0 Å². The number of ether oxygens (including phenoxy) is 4. The average Bonchev–Trinajstić information content (AvgIpc) is 2.62. The molecule has 2 aromatic carbocycles. The van der Waals surface area contributed by atoms with Crippen molar-refractivity contribution in [1.29, 1.82) is 0 Å². The molecule has 0 aliphatic carbocycles. The van der Waals surface area contributed by atoms with Crippen LogP contribution in [0.5, 0.6) is 23.0 Å². The molecule has 0 spiro atoms. The van der Waals surface area contributed by atoms with Crippen molar-refractivity contribution in [1.82, 2.24) is 0 Å². The minimum atomic E-state index is -0.559. The monoisotopic (exact) mass is 414 g/mol. The van der Waals surface area contributed by atoms with E-state index in [1.807, 2.05) is 6.92 Å². The molecule has 0 atom stereocenters. The Hall–Kier alpha value is -3.68. The molecule has 0 radical (unpaired) electrons. The predicted molar refractivity (Wildman–Crippen MR) is 106 cm³/mol. The van der Waals surface area contributed by atoms with E-state index in [4.69, 9.17) is 18.9 Å². The molecule has 158 valence electrons. The highest BCUT2D eigenvalue weighted by atomic mass is 16.6. The van der Waals surface area contributed by atoms with E-state index in [1.165, 1.54) is 39.8 Å². The van der Waals surface area contributed by atoms with Crippen LogP contribution in [-0.2, 0) is 19.2 Å². The highest BCUT2D eigenvalue weighted by Crippen LogP contribution is 2.37. The molecule has 0 aliphatic rings. The van der Waals surface area contributed by atoms with Crippen molar-refractivity contribution in [2.24, 2.45) is 0 Å². The second kappa shape index (κ2) is 9.69. The van der Waals surface area contributed by atoms with Gasteiger partial charge in [-0.15, -0.1) is 0 Å². The first-order chi connectivity index (χ1) is 14.1. The van der Waals surface area contributed by atoms with Gasteiger partial charge in [0.05, 0.1) is 0 Å². The van der Waals surface area contributed by atoms with Crippen LogP contribution in [0.25, 0.3) is 0 Å². The first-order valence-corrected chi connectivity index (χ1v) is 9.08. The smallest absolute Gasteiger partial charge is 0.308 e. The molecule has 2 rings (SSSR count). The van der Waals surface area contributed by atoms with Gasteiger partial charge in [0.1, 0.15) is 0 Å². The van der Waals surface area contributed by atoms with Crippen LogP contribution in [0.2, 0.25) is 0 Å². The van der Waals surface area contributed by atoms with Crippen molar-refractivity contribution in [3.05, 3.63) is 47.5 Å². The minimum absolute atomic E-state index is 0.110. The molecule has 2 aromatic rings. The molecule has 0 fully saturated rings. The number of carbonyl (C=O) groups excluding carboxylic acids is 4. The summed E-state index contributed by atoms with van der Waals surface area (Å²) in [5.74, 6) is -1.97. The number of benzene rings is 2. The molecule has 0 amide bonds. The molecular weight excluding hydrogens is 392 g/mol. The second-order valence-electron chi connectivity index (χ2n) is 6.51. The highest BCUT2D eigenvalue weighted by molar-refractivity contribution is 5.75. The van der Waals surface area contributed by atoms with Gasteiger partial charge in [-0.1, -0.05) is 19.1 Å². The Morgan fingerprint density at radius 2 is 0.867 bits per heavy atom. The number of esters is 4. The summed E-state index contributed by atoms with van der Waals surface area (Å²) in [5, 5.41) is 0. The van der Waals surface area contributed by atoms with Gasteiger partial charge in [-0.25, -0.2) is 0 Å². The van der Waals surface area contributed by atoms with Crippen LogP contribution in [0.15, 0.2) is 36.4 Å². The third-order valence-corrected chi connectivity index (χ3v) is 3.95. The maximum Gasteiger partial charge on any atom is 0.308 e. The van der Waals surface area contributed by atoms with Gasteiger partial charge in [0.2, 0.25) is 0 Å². The number of carbonyl (C=O) groups is 4. The lowest BCUT2D eigenvalue weighted by molar-refractivity contribution is -0.134. The van der Waals surface area contributed by atoms with E-state index in [0.717, 1.165) is 11.1 Å². The Kier molecular flexibility index (Phi) is 7.30. The zero-order valence-corrected chi connectivity index (χ0v) is 17.3. The summed E-state index contributed by atoms with van der Waals surface area (Å²) < 4.78 is 20.5. The number of hydrogen-bond acceptors (Lipinski definition) is 8. The van der Waals surface area contributed by atoms with E-state index < -0.39 is 23.9 Å². The zero-order valence-electron chi connectivity index (χ0n) is 17.3. The average molecular weight is 414 g/mol. The van der Waals surface area contributed by atoms with E-state index in [0.29, 0.717) is 0 Å². The summed E-state index contributed by atoms with van der Waals surface area (Å²) in [7, 11) is 0. The fourth-order valence-electron chi connectivity index (χ4n) is 2.73. The zero-order chi connectivity index (χ0) is 22.4. The van der Waals surface area contributed by atoms with Gasteiger partial charge in [0, 0.05) is 33.6 Å². The van der Waals surface area contributed by atoms with Crippen LogP contribution in [0, 0.1) is 0 Å². The van der Waals surface area contributed by atoms with Crippen molar-refractivity contribution >= 4 is 23.9 Å². The molecule has 30 heavy (non-hydrogen) atoms. The van der Waals surface area contributed by atoms with E-state index in [2.05, 4.69) is 0 Å². The molecule has 0 saturated heterocycles. The fraction of sp³-hybridized carbons (Fsp3) is 0.273. The lowest BCUT2D eigenvalue weighted by atomic mass is 9.92. The topological polar surface area (TPSA) is 105 Å². The van der Waals surface area contributed by atoms with Gasteiger partial charge in [-0.2, -0.15) is 0 Å². The first kappa shape index (κ1) is 22.6.